The summed E-state index contributed by atoms with van der Waals surface area (Å²) in [6, 6.07) is 11.0. The largest absolute Gasteiger partial charge is 0.351 e. The Kier molecular flexibility index (Phi) is 5.39. The van der Waals surface area contributed by atoms with E-state index in [4.69, 9.17) is 0 Å². The Morgan fingerprint density at radius 3 is 2.86 bits per heavy atom. The van der Waals surface area contributed by atoms with Crippen molar-refractivity contribution in [2.24, 2.45) is 0 Å². The second-order valence-electron chi connectivity index (χ2n) is 6.27. The maximum absolute atomic E-state index is 12.8. The first-order valence-electron chi connectivity index (χ1n) is 8.95. The zero-order valence-electron chi connectivity index (χ0n) is 15.5. The zero-order chi connectivity index (χ0) is 20.2. The first kappa shape index (κ1) is 18.9. The van der Waals surface area contributed by atoms with Crippen LogP contribution in [0.2, 0.25) is 0 Å². The molecule has 0 saturated carbocycles. The lowest BCUT2D eigenvalue weighted by molar-refractivity contribution is -0.118. The number of carbonyl (C=O) groups is 1. The van der Waals surface area contributed by atoms with Crippen LogP contribution in [0, 0.1) is 0 Å². The number of thioether (sulfide) groups is 1. The lowest BCUT2D eigenvalue weighted by Gasteiger charge is -2.09. The van der Waals surface area contributed by atoms with Crippen LogP contribution in [0.5, 0.6) is 0 Å². The number of rotatable bonds is 7. The molecule has 1 aromatic carbocycles. The summed E-state index contributed by atoms with van der Waals surface area (Å²) in [5.41, 5.74) is 1.49. The molecule has 0 radical (unpaired) electrons. The predicted octanol–water partition coefficient (Wildman–Crippen LogP) is 2.03. The third-order valence-corrected chi connectivity index (χ3v) is 5.26. The van der Waals surface area contributed by atoms with Crippen LogP contribution in [-0.2, 0) is 17.9 Å². The van der Waals surface area contributed by atoms with E-state index in [1.807, 2.05) is 30.3 Å². The molecule has 0 bridgehead atoms. The highest BCUT2D eigenvalue weighted by atomic mass is 32.2. The van der Waals surface area contributed by atoms with Crippen molar-refractivity contribution in [1.82, 2.24) is 29.5 Å². The molecular formula is C20H18N6O2S. The Hall–Kier alpha value is -3.46. The van der Waals surface area contributed by atoms with Crippen LogP contribution in [0.4, 0.5) is 0 Å². The molecule has 0 unspecified atom stereocenters. The van der Waals surface area contributed by atoms with E-state index in [1.165, 1.54) is 16.3 Å². The predicted molar refractivity (Wildman–Crippen MR) is 112 cm³/mol. The third kappa shape index (κ3) is 3.77. The second-order valence-corrected chi connectivity index (χ2v) is 7.21. The number of nitrogens with zero attached hydrogens (tertiary/aromatic N) is 5. The molecule has 29 heavy (non-hydrogen) atoms. The molecule has 0 atom stereocenters. The fourth-order valence-corrected chi connectivity index (χ4v) is 3.78. The van der Waals surface area contributed by atoms with E-state index >= 15 is 0 Å². The summed E-state index contributed by atoms with van der Waals surface area (Å²) in [6.07, 6.45) is 5.04. The standard InChI is InChI=1S/C20H18N6O2S/c1-2-10-25-18(28)15-7-3-4-8-16(15)26-19(25)23-24-20(26)29-13-17(27)22-12-14-6-5-9-21-11-14/h2-9,11H,1,10,12-13H2,(H,22,27). The molecule has 9 heteroatoms. The summed E-state index contributed by atoms with van der Waals surface area (Å²) >= 11 is 1.27. The molecule has 1 N–H and O–H groups in total. The van der Waals surface area contributed by atoms with E-state index in [9.17, 15) is 9.59 Å². The van der Waals surface area contributed by atoms with E-state index in [2.05, 4.69) is 27.1 Å². The number of hydrogen-bond acceptors (Lipinski definition) is 6. The fraction of sp³-hybridized carbons (Fsp3) is 0.150. The van der Waals surface area contributed by atoms with Gasteiger partial charge in [0.2, 0.25) is 11.7 Å². The molecule has 3 heterocycles. The number of allylic oxidation sites excluding steroid dienone is 1. The molecule has 0 fully saturated rings. The topological polar surface area (TPSA) is 94.2 Å². The Labute approximate surface area is 170 Å². The molecule has 4 aromatic rings. The summed E-state index contributed by atoms with van der Waals surface area (Å²) in [5.74, 6) is 0.474. The van der Waals surface area contributed by atoms with Crippen LogP contribution < -0.4 is 10.9 Å². The van der Waals surface area contributed by atoms with Gasteiger partial charge in [0.25, 0.3) is 5.56 Å². The monoisotopic (exact) mass is 406 g/mol. The maximum Gasteiger partial charge on any atom is 0.263 e. The minimum Gasteiger partial charge on any atom is -0.351 e. The third-order valence-electron chi connectivity index (χ3n) is 4.33. The van der Waals surface area contributed by atoms with Crippen LogP contribution in [0.1, 0.15) is 5.56 Å². The Balaban J connectivity index is 1.60. The molecule has 0 spiro atoms. The number of para-hydroxylation sites is 1. The van der Waals surface area contributed by atoms with Crippen LogP contribution in [0.3, 0.4) is 0 Å². The minimum atomic E-state index is -0.147. The number of hydrogen-bond donors (Lipinski definition) is 1. The van der Waals surface area contributed by atoms with Gasteiger partial charge in [-0.2, -0.15) is 0 Å². The average Bonchev–Trinajstić information content (AvgIpc) is 3.18. The quantitative estimate of drug-likeness (QED) is 0.373. The molecule has 8 nitrogen and oxygen atoms in total. The molecule has 3 aromatic heterocycles. The summed E-state index contributed by atoms with van der Waals surface area (Å²) < 4.78 is 3.33. The van der Waals surface area contributed by atoms with Gasteiger partial charge in [0, 0.05) is 25.5 Å². The SMILES string of the molecule is C=CCn1c(=O)c2ccccc2n2c(SCC(=O)NCc3cccnc3)nnc12. The number of pyridine rings is 1. The molecule has 0 saturated heterocycles. The normalized spacial score (nSPS) is 11.0. The van der Waals surface area contributed by atoms with Gasteiger partial charge in [-0.1, -0.05) is 36.0 Å². The van der Waals surface area contributed by atoms with Gasteiger partial charge in [-0.25, -0.2) is 0 Å². The Morgan fingerprint density at radius 1 is 1.21 bits per heavy atom. The van der Waals surface area contributed by atoms with Crippen molar-refractivity contribution < 1.29 is 4.79 Å². The van der Waals surface area contributed by atoms with Gasteiger partial charge in [-0.15, -0.1) is 16.8 Å². The van der Waals surface area contributed by atoms with Crippen LogP contribution in [-0.4, -0.2) is 35.8 Å². The highest BCUT2D eigenvalue weighted by Crippen LogP contribution is 2.21. The van der Waals surface area contributed by atoms with Gasteiger partial charge in [0.1, 0.15) is 0 Å². The van der Waals surface area contributed by atoms with E-state index in [0.717, 1.165) is 5.56 Å². The summed E-state index contributed by atoms with van der Waals surface area (Å²) in [5, 5.41) is 12.4. The summed E-state index contributed by atoms with van der Waals surface area (Å²) in [6.45, 7) is 4.45. The molecule has 1 amide bonds. The summed E-state index contributed by atoms with van der Waals surface area (Å²) in [4.78, 5) is 29.1. The Morgan fingerprint density at radius 2 is 2.07 bits per heavy atom. The molecule has 0 aliphatic carbocycles. The number of aromatic nitrogens is 5. The van der Waals surface area contributed by atoms with Gasteiger partial charge in [0.15, 0.2) is 5.16 Å². The first-order chi connectivity index (χ1) is 14.2. The highest BCUT2D eigenvalue weighted by molar-refractivity contribution is 7.99. The van der Waals surface area contributed by atoms with Crippen LogP contribution >= 0.6 is 11.8 Å². The summed E-state index contributed by atoms with van der Waals surface area (Å²) in [7, 11) is 0. The van der Waals surface area contributed by atoms with Crippen molar-refractivity contribution in [2.75, 3.05) is 5.75 Å². The number of benzene rings is 1. The van der Waals surface area contributed by atoms with Crippen molar-refractivity contribution in [1.29, 1.82) is 0 Å². The highest BCUT2D eigenvalue weighted by Gasteiger charge is 2.17. The van der Waals surface area contributed by atoms with Crippen LogP contribution in [0.25, 0.3) is 16.7 Å². The van der Waals surface area contributed by atoms with Crippen LogP contribution in [0.15, 0.2) is 71.4 Å². The second kappa shape index (κ2) is 8.27. The van der Waals surface area contributed by atoms with Crippen molar-refractivity contribution in [3.8, 4) is 0 Å². The molecule has 0 aliphatic heterocycles. The van der Waals surface area contributed by atoms with Crippen molar-refractivity contribution in [3.05, 3.63) is 77.4 Å². The number of fused-ring (bicyclic) bond motifs is 3. The van der Waals surface area contributed by atoms with Gasteiger partial charge in [-0.05, 0) is 23.8 Å². The minimum absolute atomic E-state index is 0.126. The van der Waals surface area contributed by atoms with Gasteiger partial charge >= 0.3 is 0 Å². The van der Waals surface area contributed by atoms with Gasteiger partial charge in [0.05, 0.1) is 16.7 Å². The van der Waals surface area contributed by atoms with Gasteiger partial charge in [-0.3, -0.25) is 23.5 Å². The van der Waals surface area contributed by atoms with E-state index in [1.54, 1.807) is 28.9 Å². The first-order valence-corrected chi connectivity index (χ1v) is 9.93. The lowest BCUT2D eigenvalue weighted by atomic mass is 10.2. The van der Waals surface area contributed by atoms with E-state index in [-0.39, 0.29) is 17.2 Å². The number of amides is 1. The number of carbonyl (C=O) groups excluding carboxylic acids is 1. The van der Waals surface area contributed by atoms with Crippen molar-refractivity contribution in [2.45, 2.75) is 18.2 Å². The molecule has 4 rings (SSSR count). The van der Waals surface area contributed by atoms with E-state index < -0.39 is 0 Å². The molecular weight excluding hydrogens is 388 g/mol. The molecule has 0 aliphatic rings. The smallest absolute Gasteiger partial charge is 0.263 e. The van der Waals surface area contributed by atoms with Crippen molar-refractivity contribution in [3.63, 3.8) is 0 Å². The zero-order valence-corrected chi connectivity index (χ0v) is 16.3. The maximum atomic E-state index is 12.8. The van der Waals surface area contributed by atoms with E-state index in [0.29, 0.717) is 34.9 Å². The molecule has 146 valence electrons. The lowest BCUT2D eigenvalue weighted by Crippen LogP contribution is -2.25. The number of nitrogens with one attached hydrogen (secondary N) is 1. The van der Waals surface area contributed by atoms with Crippen molar-refractivity contribution >= 4 is 34.3 Å². The van der Waals surface area contributed by atoms with Gasteiger partial charge < -0.3 is 5.32 Å². The fourth-order valence-electron chi connectivity index (χ4n) is 3.01. The average molecular weight is 406 g/mol. The Bertz CT molecular complexity index is 1250.